The van der Waals surface area contributed by atoms with Crippen molar-refractivity contribution in [2.24, 2.45) is 0 Å². The van der Waals surface area contributed by atoms with Crippen LogP contribution in [0.2, 0.25) is 5.02 Å². The van der Waals surface area contributed by atoms with Crippen molar-refractivity contribution in [3.05, 3.63) is 44.7 Å². The lowest BCUT2D eigenvalue weighted by atomic mass is 10.3. The number of halogens is 1. The molecule has 0 atom stereocenters. The van der Waals surface area contributed by atoms with E-state index in [4.69, 9.17) is 16.3 Å². The quantitative estimate of drug-likeness (QED) is 0.687. The van der Waals surface area contributed by atoms with Gasteiger partial charge in [-0.15, -0.1) is 0 Å². The van der Waals surface area contributed by atoms with Crippen LogP contribution in [0.3, 0.4) is 0 Å². The van der Waals surface area contributed by atoms with Crippen LogP contribution >= 0.6 is 11.6 Å². The molecule has 21 heavy (non-hydrogen) atoms. The minimum absolute atomic E-state index is 0.00905. The Labute approximate surface area is 126 Å². The van der Waals surface area contributed by atoms with Crippen LogP contribution in [0.1, 0.15) is 11.4 Å². The highest BCUT2D eigenvalue weighted by Crippen LogP contribution is 2.32. The molecule has 0 saturated heterocycles. The Morgan fingerprint density at radius 3 is 2.62 bits per heavy atom. The number of aromatic nitrogens is 2. The molecule has 1 N–H and O–H groups in total. The van der Waals surface area contributed by atoms with Crippen molar-refractivity contribution in [3.63, 3.8) is 0 Å². The van der Waals surface area contributed by atoms with Crippen molar-refractivity contribution in [1.82, 2.24) is 9.97 Å². The Balaban J connectivity index is 2.37. The summed E-state index contributed by atoms with van der Waals surface area (Å²) in [5, 5.41) is 13.7. The largest absolute Gasteiger partial charge is 0.438 e. The lowest BCUT2D eigenvalue weighted by molar-refractivity contribution is -0.384. The summed E-state index contributed by atoms with van der Waals surface area (Å²) in [5.41, 5.74) is 0.563. The molecule has 1 aromatic carbocycles. The van der Waals surface area contributed by atoms with E-state index in [0.717, 1.165) is 5.56 Å². The molecule has 1 heterocycles. The second kappa shape index (κ2) is 5.92. The van der Waals surface area contributed by atoms with E-state index in [1.165, 1.54) is 18.2 Å². The minimum Gasteiger partial charge on any atom is -0.438 e. The molecule has 2 rings (SSSR count). The summed E-state index contributed by atoms with van der Waals surface area (Å²) in [7, 11) is 1.75. The van der Waals surface area contributed by atoms with Crippen molar-refractivity contribution >= 4 is 23.1 Å². The van der Waals surface area contributed by atoms with Crippen LogP contribution in [-0.4, -0.2) is 21.9 Å². The van der Waals surface area contributed by atoms with E-state index in [1.54, 1.807) is 14.0 Å². The van der Waals surface area contributed by atoms with Crippen LogP contribution in [-0.2, 0) is 0 Å². The van der Waals surface area contributed by atoms with Crippen molar-refractivity contribution in [2.75, 3.05) is 12.4 Å². The third-order valence-electron chi connectivity index (χ3n) is 2.78. The van der Waals surface area contributed by atoms with Crippen molar-refractivity contribution in [3.8, 4) is 11.6 Å². The van der Waals surface area contributed by atoms with Crippen LogP contribution in [0.15, 0.2) is 18.2 Å². The summed E-state index contributed by atoms with van der Waals surface area (Å²) in [6.07, 6.45) is 0. The molecule has 0 fully saturated rings. The summed E-state index contributed by atoms with van der Waals surface area (Å²) in [4.78, 5) is 18.6. The van der Waals surface area contributed by atoms with Gasteiger partial charge in [-0.2, -0.15) is 4.98 Å². The number of rotatable bonds is 4. The summed E-state index contributed by atoms with van der Waals surface area (Å²) in [6.45, 7) is 3.56. The van der Waals surface area contributed by atoms with Gasteiger partial charge in [-0.3, -0.25) is 10.1 Å². The second-order valence-corrected chi connectivity index (χ2v) is 4.68. The molecule has 0 amide bonds. The highest BCUT2D eigenvalue weighted by atomic mass is 35.5. The number of anilines is 1. The molecule has 0 radical (unpaired) electrons. The predicted molar refractivity (Wildman–Crippen MR) is 79.2 cm³/mol. The van der Waals surface area contributed by atoms with E-state index in [2.05, 4.69) is 15.3 Å². The van der Waals surface area contributed by atoms with Gasteiger partial charge in [-0.05, 0) is 19.9 Å². The van der Waals surface area contributed by atoms with Crippen LogP contribution in [0, 0.1) is 24.0 Å². The molecular weight excluding hydrogens is 296 g/mol. The molecule has 0 bridgehead atoms. The number of hydrogen-bond acceptors (Lipinski definition) is 6. The molecule has 0 aliphatic rings. The van der Waals surface area contributed by atoms with Gasteiger partial charge in [-0.25, -0.2) is 4.98 Å². The maximum absolute atomic E-state index is 10.7. The molecule has 0 aliphatic heterocycles. The highest BCUT2D eigenvalue weighted by Gasteiger charge is 2.15. The fourth-order valence-electron chi connectivity index (χ4n) is 1.76. The third-order valence-corrected chi connectivity index (χ3v) is 3.08. The van der Waals surface area contributed by atoms with E-state index in [0.29, 0.717) is 23.3 Å². The van der Waals surface area contributed by atoms with Gasteiger partial charge in [0, 0.05) is 19.2 Å². The average molecular weight is 309 g/mol. The number of hydrogen-bond donors (Lipinski definition) is 1. The number of ether oxygens (including phenoxy) is 1. The molecule has 8 heteroatoms. The van der Waals surface area contributed by atoms with E-state index in [1.807, 2.05) is 6.92 Å². The summed E-state index contributed by atoms with van der Waals surface area (Å²) in [6, 6.07) is 4.15. The zero-order chi connectivity index (χ0) is 15.6. The zero-order valence-corrected chi connectivity index (χ0v) is 12.4. The molecule has 1 aromatic heterocycles. The predicted octanol–water partition coefficient (Wildman–Crippen LogP) is 3.49. The van der Waals surface area contributed by atoms with Crippen LogP contribution in [0.4, 0.5) is 11.5 Å². The molecule has 110 valence electrons. The van der Waals surface area contributed by atoms with Gasteiger partial charge in [0.15, 0.2) is 0 Å². The summed E-state index contributed by atoms with van der Waals surface area (Å²) < 4.78 is 5.65. The van der Waals surface area contributed by atoms with E-state index >= 15 is 0 Å². The third kappa shape index (κ3) is 3.19. The fourth-order valence-corrected chi connectivity index (χ4v) is 2.00. The molecule has 0 aliphatic carbocycles. The lowest BCUT2D eigenvalue weighted by Crippen LogP contribution is -2.03. The van der Waals surface area contributed by atoms with Gasteiger partial charge in [0.05, 0.1) is 10.5 Å². The van der Waals surface area contributed by atoms with Gasteiger partial charge in [0.2, 0.25) is 5.88 Å². The first-order valence-corrected chi connectivity index (χ1v) is 6.45. The minimum atomic E-state index is -0.550. The summed E-state index contributed by atoms with van der Waals surface area (Å²) >= 11 is 5.85. The van der Waals surface area contributed by atoms with Crippen LogP contribution < -0.4 is 10.1 Å². The smallest absolute Gasteiger partial charge is 0.288 e. The van der Waals surface area contributed by atoms with Crippen LogP contribution in [0.25, 0.3) is 0 Å². The van der Waals surface area contributed by atoms with Gasteiger partial charge < -0.3 is 10.1 Å². The van der Waals surface area contributed by atoms with Crippen molar-refractivity contribution in [2.45, 2.75) is 13.8 Å². The SMILES string of the molecule is CNc1nc(C)nc(Oc2ccc([N+](=O)[O-])c(Cl)c2)c1C. The average Bonchev–Trinajstić information content (AvgIpc) is 2.42. The normalized spacial score (nSPS) is 10.3. The monoisotopic (exact) mass is 308 g/mol. The number of nitro groups is 1. The number of nitro benzene ring substituents is 1. The Bertz CT molecular complexity index is 706. The molecule has 0 unspecified atom stereocenters. The van der Waals surface area contributed by atoms with Crippen molar-refractivity contribution < 1.29 is 9.66 Å². The van der Waals surface area contributed by atoms with Gasteiger partial charge in [0.1, 0.15) is 22.4 Å². The van der Waals surface area contributed by atoms with Gasteiger partial charge in [0.25, 0.3) is 5.69 Å². The standard InChI is InChI=1S/C13H13ClN4O3/c1-7-12(15-3)16-8(2)17-13(7)21-9-4-5-11(18(19)20)10(14)6-9/h4-6H,1-3H3,(H,15,16,17). The molecular formula is C13H13ClN4O3. The number of aryl methyl sites for hydroxylation is 1. The van der Waals surface area contributed by atoms with Crippen LogP contribution in [0.5, 0.6) is 11.6 Å². The zero-order valence-electron chi connectivity index (χ0n) is 11.7. The molecule has 0 spiro atoms. The Morgan fingerprint density at radius 2 is 2.05 bits per heavy atom. The van der Waals surface area contributed by atoms with E-state index in [-0.39, 0.29) is 10.7 Å². The highest BCUT2D eigenvalue weighted by molar-refractivity contribution is 6.32. The second-order valence-electron chi connectivity index (χ2n) is 4.27. The number of nitrogens with one attached hydrogen (secondary N) is 1. The first-order chi connectivity index (χ1) is 9.92. The Kier molecular flexibility index (Phi) is 4.23. The molecule has 0 saturated carbocycles. The summed E-state index contributed by atoms with van der Waals surface area (Å²) in [5.74, 6) is 1.95. The topological polar surface area (TPSA) is 90.2 Å². The fraction of sp³-hybridized carbons (Fsp3) is 0.231. The Morgan fingerprint density at radius 1 is 1.33 bits per heavy atom. The van der Waals surface area contributed by atoms with Gasteiger partial charge >= 0.3 is 0 Å². The number of benzene rings is 1. The Hall–Kier alpha value is -2.41. The lowest BCUT2D eigenvalue weighted by Gasteiger charge is -2.11. The maximum Gasteiger partial charge on any atom is 0.288 e. The van der Waals surface area contributed by atoms with Gasteiger partial charge in [-0.1, -0.05) is 11.6 Å². The van der Waals surface area contributed by atoms with E-state index < -0.39 is 4.92 Å². The molecule has 2 aromatic rings. The van der Waals surface area contributed by atoms with Crippen molar-refractivity contribution in [1.29, 1.82) is 0 Å². The number of nitrogens with zero attached hydrogens (tertiary/aromatic N) is 3. The first-order valence-electron chi connectivity index (χ1n) is 6.07. The maximum atomic E-state index is 10.7. The molecule has 7 nitrogen and oxygen atoms in total. The van der Waals surface area contributed by atoms with E-state index in [9.17, 15) is 10.1 Å². The first kappa shape index (κ1) is 15.0.